The smallest absolute Gasteiger partial charge is 0.409 e. The highest BCUT2D eigenvalue weighted by Crippen LogP contribution is 2.44. The van der Waals surface area contributed by atoms with Gasteiger partial charge in [-0.05, 0) is 22.3 Å². The molecule has 16 heteroatoms. The van der Waals surface area contributed by atoms with Crippen LogP contribution in [0.5, 0.6) is 0 Å². The Balaban J connectivity index is 0.952. The highest BCUT2D eigenvalue weighted by atomic mass is 16.6. The van der Waals surface area contributed by atoms with Gasteiger partial charge in [0.2, 0.25) is 0 Å². The molecule has 2 aromatic rings. The van der Waals surface area contributed by atoms with E-state index >= 15 is 0 Å². The van der Waals surface area contributed by atoms with E-state index in [1.165, 1.54) is 34.1 Å². The number of nitrogens with zero attached hydrogens (tertiary/aromatic N) is 1. The first-order chi connectivity index (χ1) is 28.6. The highest BCUT2D eigenvalue weighted by Gasteiger charge is 2.29. The molecule has 0 saturated carbocycles. The molecular formula is C42H65NO15. The van der Waals surface area contributed by atoms with Gasteiger partial charge in [0.1, 0.15) is 13.2 Å². The Hall–Kier alpha value is -3.26. The van der Waals surface area contributed by atoms with Crippen LogP contribution in [0, 0.1) is 0 Å². The molecule has 0 aliphatic heterocycles. The molecule has 58 heavy (non-hydrogen) atoms. The van der Waals surface area contributed by atoms with Crippen LogP contribution in [0.15, 0.2) is 48.5 Å². The number of ether oxygens (including phenoxy) is 13. The Morgan fingerprint density at radius 2 is 0.724 bits per heavy atom. The van der Waals surface area contributed by atoms with Crippen LogP contribution in [-0.2, 0) is 66.4 Å². The molecular weight excluding hydrogens is 758 g/mol. The number of carbonyl (C=O) groups excluding carboxylic acids is 2. The summed E-state index contributed by atoms with van der Waals surface area (Å²) in [6.45, 7) is 12.5. The highest BCUT2D eigenvalue weighted by molar-refractivity contribution is 5.79. The lowest BCUT2D eigenvalue weighted by Crippen LogP contribution is -2.32. The van der Waals surface area contributed by atoms with Crippen molar-refractivity contribution in [2.75, 3.05) is 172 Å². The normalized spacial score (nSPS) is 12.1. The molecule has 1 aliphatic carbocycles. The van der Waals surface area contributed by atoms with Crippen molar-refractivity contribution >= 4 is 12.1 Å². The summed E-state index contributed by atoms with van der Waals surface area (Å²) in [5.74, 6) is -0.281. The Morgan fingerprint density at radius 1 is 0.431 bits per heavy atom. The van der Waals surface area contributed by atoms with Crippen molar-refractivity contribution in [2.24, 2.45) is 0 Å². The van der Waals surface area contributed by atoms with Gasteiger partial charge in [-0.25, -0.2) is 4.79 Å². The summed E-state index contributed by atoms with van der Waals surface area (Å²) >= 11 is 0. The fraction of sp³-hybridized carbons (Fsp3) is 0.667. The van der Waals surface area contributed by atoms with E-state index in [9.17, 15) is 9.59 Å². The second-order valence-electron chi connectivity index (χ2n) is 12.8. The number of esters is 1. The van der Waals surface area contributed by atoms with Gasteiger partial charge in [0.05, 0.1) is 145 Å². The van der Waals surface area contributed by atoms with E-state index in [1.807, 2.05) is 24.3 Å². The fourth-order valence-corrected chi connectivity index (χ4v) is 5.54. The number of rotatable bonds is 38. The topological polar surface area (TPSA) is 157 Å². The zero-order valence-corrected chi connectivity index (χ0v) is 34.4. The monoisotopic (exact) mass is 823 g/mol. The third kappa shape index (κ3) is 22.8. The van der Waals surface area contributed by atoms with Gasteiger partial charge in [-0.2, -0.15) is 0 Å². The Kier molecular flexibility index (Phi) is 28.4. The molecule has 16 nitrogen and oxygen atoms in total. The molecule has 328 valence electrons. The number of benzene rings is 2. The van der Waals surface area contributed by atoms with E-state index in [4.69, 9.17) is 61.6 Å². The molecule has 1 aliphatic rings. The minimum Gasteiger partial charge on any atom is -0.463 e. The zero-order valence-electron chi connectivity index (χ0n) is 34.4. The quantitative estimate of drug-likeness (QED) is 0.0714. The fourth-order valence-electron chi connectivity index (χ4n) is 5.54. The lowest BCUT2D eigenvalue weighted by atomic mass is 9.98. The Bertz CT molecular complexity index is 1290. The van der Waals surface area contributed by atoms with Crippen LogP contribution < -0.4 is 0 Å². The van der Waals surface area contributed by atoms with Gasteiger partial charge in [-0.3, -0.25) is 4.79 Å². The maximum atomic E-state index is 12.6. The number of fused-ring (bicyclic) bond motifs is 3. The van der Waals surface area contributed by atoms with Gasteiger partial charge in [0.15, 0.2) is 0 Å². The van der Waals surface area contributed by atoms with Crippen molar-refractivity contribution in [3.8, 4) is 11.1 Å². The predicted octanol–water partition coefficient (Wildman–Crippen LogP) is 3.61. The molecule has 0 atom stereocenters. The van der Waals surface area contributed by atoms with E-state index < -0.39 is 0 Å². The first-order valence-electron chi connectivity index (χ1n) is 20.1. The van der Waals surface area contributed by atoms with Crippen LogP contribution >= 0.6 is 0 Å². The summed E-state index contributed by atoms with van der Waals surface area (Å²) in [7, 11) is 1.71. The molecule has 0 unspecified atom stereocenters. The average molecular weight is 824 g/mol. The van der Waals surface area contributed by atoms with Gasteiger partial charge in [-0.15, -0.1) is 0 Å². The molecule has 0 bridgehead atoms. The summed E-state index contributed by atoms with van der Waals surface area (Å²) < 4.78 is 70.7. The summed E-state index contributed by atoms with van der Waals surface area (Å²) in [5, 5.41) is 0. The number of hydrogen-bond acceptors (Lipinski definition) is 15. The minimum atomic E-state index is -0.368. The summed E-state index contributed by atoms with van der Waals surface area (Å²) in [4.78, 5) is 24.8. The van der Waals surface area contributed by atoms with Crippen LogP contribution in [0.3, 0.4) is 0 Å². The van der Waals surface area contributed by atoms with Crippen molar-refractivity contribution in [1.82, 2.24) is 4.90 Å². The SMILES string of the molecule is CC(=O)OCCOCCOCCOCCOCCOCCOCCOCCOCCOCCOCCOCCN(C)C(=O)OCC1c2ccccc2-c2ccccc21. The first kappa shape index (κ1) is 49.1. The largest absolute Gasteiger partial charge is 0.463 e. The molecule has 0 saturated heterocycles. The number of likely N-dealkylation sites (N-methyl/N-ethyl adjacent to an activating group) is 1. The second kappa shape index (κ2) is 33.6. The van der Waals surface area contributed by atoms with E-state index in [1.54, 1.807) is 7.05 Å². The van der Waals surface area contributed by atoms with Crippen LogP contribution in [0.2, 0.25) is 0 Å². The van der Waals surface area contributed by atoms with Gasteiger partial charge >= 0.3 is 12.1 Å². The van der Waals surface area contributed by atoms with Crippen LogP contribution in [0.1, 0.15) is 24.0 Å². The van der Waals surface area contributed by atoms with Gasteiger partial charge in [-0.1, -0.05) is 48.5 Å². The third-order valence-corrected chi connectivity index (χ3v) is 8.47. The molecule has 0 fully saturated rings. The Morgan fingerprint density at radius 3 is 1.05 bits per heavy atom. The number of carbonyl (C=O) groups is 2. The first-order valence-corrected chi connectivity index (χ1v) is 20.1. The Labute approximate surface area is 343 Å². The molecule has 2 aromatic carbocycles. The third-order valence-electron chi connectivity index (χ3n) is 8.47. The lowest BCUT2D eigenvalue weighted by Gasteiger charge is -2.19. The second-order valence-corrected chi connectivity index (χ2v) is 12.8. The van der Waals surface area contributed by atoms with Crippen LogP contribution in [-0.4, -0.2) is 189 Å². The molecule has 3 rings (SSSR count). The molecule has 0 N–H and O–H groups in total. The summed E-state index contributed by atoms with van der Waals surface area (Å²) in [5.41, 5.74) is 4.78. The van der Waals surface area contributed by atoms with Crippen molar-refractivity contribution in [3.05, 3.63) is 59.7 Å². The molecule has 1 amide bonds. The van der Waals surface area contributed by atoms with E-state index in [2.05, 4.69) is 24.3 Å². The van der Waals surface area contributed by atoms with Gasteiger partial charge in [0, 0.05) is 26.4 Å². The zero-order chi connectivity index (χ0) is 41.1. The minimum absolute atomic E-state index is 0.0344. The lowest BCUT2D eigenvalue weighted by molar-refractivity contribution is -0.142. The van der Waals surface area contributed by atoms with Crippen molar-refractivity contribution in [1.29, 1.82) is 0 Å². The number of hydrogen-bond donors (Lipinski definition) is 0. The predicted molar refractivity (Wildman–Crippen MR) is 213 cm³/mol. The van der Waals surface area contributed by atoms with Crippen molar-refractivity contribution in [2.45, 2.75) is 12.8 Å². The van der Waals surface area contributed by atoms with Crippen LogP contribution in [0.4, 0.5) is 4.79 Å². The van der Waals surface area contributed by atoms with Gasteiger partial charge < -0.3 is 66.5 Å². The molecule has 0 spiro atoms. The van der Waals surface area contributed by atoms with Crippen LogP contribution in [0.25, 0.3) is 11.1 Å². The summed E-state index contributed by atoms with van der Waals surface area (Å²) in [6, 6.07) is 16.6. The van der Waals surface area contributed by atoms with Gasteiger partial charge in [0.25, 0.3) is 0 Å². The van der Waals surface area contributed by atoms with Crippen molar-refractivity contribution in [3.63, 3.8) is 0 Å². The van der Waals surface area contributed by atoms with Crippen molar-refractivity contribution < 1.29 is 71.2 Å². The maximum absolute atomic E-state index is 12.6. The standard InChI is InChI=1S/C42H65NO15/c1-36(44)57-34-33-56-32-31-55-30-29-54-28-27-53-26-25-52-24-23-51-22-21-50-20-19-49-18-17-48-16-15-47-14-13-46-12-11-43(2)42(45)58-35-41-39-9-5-3-7-37(39)38-8-4-6-10-40(38)41/h3-10,41H,11-35H2,1-2H3. The molecule has 0 heterocycles. The summed E-state index contributed by atoms with van der Waals surface area (Å²) in [6.07, 6.45) is -0.368. The molecule has 0 radical (unpaired) electrons. The molecule has 0 aromatic heterocycles. The van der Waals surface area contributed by atoms with E-state index in [0.29, 0.717) is 159 Å². The average Bonchev–Trinajstić information content (AvgIpc) is 3.55. The van der Waals surface area contributed by atoms with E-state index in [0.717, 1.165) is 0 Å². The van der Waals surface area contributed by atoms with E-state index in [-0.39, 0.29) is 24.6 Å². The maximum Gasteiger partial charge on any atom is 0.409 e. The number of amides is 1.